The van der Waals surface area contributed by atoms with Crippen LogP contribution in [0.15, 0.2) is 57.5 Å². The van der Waals surface area contributed by atoms with Crippen LogP contribution < -0.4 is 40.2 Å². The first-order valence-electron chi connectivity index (χ1n) is 17.7. The maximum absolute atomic E-state index is 12.3. The Hall–Kier alpha value is -4.32. The molecule has 0 saturated carbocycles. The largest absolute Gasteiger partial charge is 0.481 e. The molecule has 6 N–H and O–H groups in total. The standard InChI is InChI=1S/C40H50Br2N6O8/c1-23-25(19-55-35-31(41)15-27(33(47-35)53-7)17-45-39(3,21-49)37(51)43-5)11-9-13-29(23)30-14-10-12-26(24(30)2)20-56-36-32(42)16-28(34(48-36)54-8)18-46-40(4,22-50)38(52)44-6/h9-16,45-46,49-50H,17-22H2,1-8H3,(H,43,51)(H,44,52)/t39-,40?/m0/s1. The molecule has 0 aliphatic heterocycles. The average molecular weight is 903 g/mol. The molecule has 2 amide bonds. The first kappa shape index (κ1) is 44.4. The second-order valence-electron chi connectivity index (χ2n) is 13.5. The van der Waals surface area contributed by atoms with Gasteiger partial charge in [-0.2, -0.15) is 9.97 Å². The quantitative estimate of drug-likeness (QED) is 0.0768. The lowest BCUT2D eigenvalue weighted by molar-refractivity contribution is -0.128. The van der Waals surface area contributed by atoms with E-state index in [1.165, 1.54) is 28.3 Å². The summed E-state index contributed by atoms with van der Waals surface area (Å²) in [6, 6.07) is 15.8. The van der Waals surface area contributed by atoms with Crippen LogP contribution in [0.1, 0.15) is 47.2 Å². The third kappa shape index (κ3) is 10.2. The van der Waals surface area contributed by atoms with Crippen molar-refractivity contribution in [1.29, 1.82) is 0 Å². The molecule has 14 nitrogen and oxygen atoms in total. The van der Waals surface area contributed by atoms with E-state index in [9.17, 15) is 19.8 Å². The molecule has 4 rings (SSSR count). The predicted molar refractivity (Wildman–Crippen MR) is 220 cm³/mol. The van der Waals surface area contributed by atoms with Crippen LogP contribution in [0.5, 0.6) is 23.5 Å². The zero-order valence-corrected chi connectivity index (χ0v) is 36.0. The fourth-order valence-electron chi connectivity index (χ4n) is 5.90. The highest BCUT2D eigenvalue weighted by Crippen LogP contribution is 2.35. The van der Waals surface area contributed by atoms with Crippen LogP contribution in [0.3, 0.4) is 0 Å². The Labute approximate surface area is 344 Å². The van der Waals surface area contributed by atoms with Crippen LogP contribution >= 0.6 is 31.9 Å². The Kier molecular flexibility index (Phi) is 15.6. The first-order valence-corrected chi connectivity index (χ1v) is 19.3. The number of aliphatic hydroxyl groups is 2. The minimum Gasteiger partial charge on any atom is -0.481 e. The Morgan fingerprint density at radius 1 is 0.661 bits per heavy atom. The lowest BCUT2D eigenvalue weighted by atomic mass is 9.92. The number of rotatable bonds is 19. The highest BCUT2D eigenvalue weighted by atomic mass is 79.9. The molecule has 56 heavy (non-hydrogen) atoms. The van der Waals surface area contributed by atoms with Crippen molar-refractivity contribution in [3.8, 4) is 34.6 Å². The smallest absolute Gasteiger partial charge is 0.242 e. The maximum atomic E-state index is 12.3. The SMILES string of the molecule is CNC(=O)C(C)(CO)NCc1cc(Br)c(OCc2cccc(-c3cccc(COc4nc(OC)c(CN[C@@](C)(CO)C(=O)NC)cc4Br)c3C)c2C)nc1OC. The summed E-state index contributed by atoms with van der Waals surface area (Å²) in [6.45, 7) is 7.46. The van der Waals surface area contributed by atoms with Gasteiger partial charge in [-0.05, 0) is 105 Å². The zero-order chi connectivity index (χ0) is 41.2. The molecule has 0 spiro atoms. The van der Waals surface area contributed by atoms with E-state index in [1.807, 2.05) is 36.4 Å². The van der Waals surface area contributed by atoms with Gasteiger partial charge in [0.15, 0.2) is 0 Å². The maximum Gasteiger partial charge on any atom is 0.242 e. The van der Waals surface area contributed by atoms with Crippen LogP contribution in [0.2, 0.25) is 0 Å². The molecular formula is C40H50Br2N6O8. The molecule has 0 fully saturated rings. The van der Waals surface area contributed by atoms with Crippen LogP contribution in [-0.2, 0) is 35.9 Å². The number of methoxy groups -OCH3 is 2. The number of aliphatic hydroxyl groups excluding tert-OH is 2. The van der Waals surface area contributed by atoms with Crippen molar-refractivity contribution in [2.24, 2.45) is 0 Å². The Morgan fingerprint density at radius 2 is 1.04 bits per heavy atom. The van der Waals surface area contributed by atoms with E-state index < -0.39 is 24.3 Å². The van der Waals surface area contributed by atoms with Crippen LogP contribution in [0, 0.1) is 13.8 Å². The van der Waals surface area contributed by atoms with Crippen molar-refractivity contribution in [2.45, 2.75) is 65.1 Å². The first-order chi connectivity index (χ1) is 26.7. The van der Waals surface area contributed by atoms with Gasteiger partial charge in [0, 0.05) is 38.3 Å². The molecule has 2 aromatic heterocycles. The molecule has 0 bridgehead atoms. The van der Waals surface area contributed by atoms with E-state index in [0.29, 0.717) is 43.6 Å². The number of pyridine rings is 2. The summed E-state index contributed by atoms with van der Waals surface area (Å²) >= 11 is 7.15. The predicted octanol–water partition coefficient (Wildman–Crippen LogP) is 4.63. The number of hydrogen-bond acceptors (Lipinski definition) is 12. The average Bonchev–Trinajstić information content (AvgIpc) is 3.21. The molecule has 16 heteroatoms. The Bertz CT molecular complexity index is 1890. The second kappa shape index (κ2) is 19.7. The minimum absolute atomic E-state index is 0.212. The van der Waals surface area contributed by atoms with Crippen molar-refractivity contribution in [2.75, 3.05) is 41.5 Å². The normalized spacial score (nSPS) is 13.3. The number of hydrogen-bond donors (Lipinski definition) is 6. The number of benzene rings is 2. The van der Waals surface area contributed by atoms with Crippen molar-refractivity contribution in [1.82, 2.24) is 31.2 Å². The molecule has 2 aromatic carbocycles. The molecule has 0 aliphatic rings. The molecule has 1 unspecified atom stereocenters. The van der Waals surface area contributed by atoms with Gasteiger partial charge >= 0.3 is 0 Å². The molecule has 2 atom stereocenters. The van der Waals surface area contributed by atoms with Crippen LogP contribution in [0.25, 0.3) is 11.1 Å². The highest BCUT2D eigenvalue weighted by Gasteiger charge is 2.33. The molecule has 0 radical (unpaired) electrons. The van der Waals surface area contributed by atoms with Gasteiger partial charge in [0.1, 0.15) is 24.3 Å². The Balaban J connectivity index is 1.49. The fourth-order valence-corrected chi connectivity index (χ4v) is 6.86. The topological polar surface area (TPSA) is 185 Å². The van der Waals surface area contributed by atoms with E-state index >= 15 is 0 Å². The zero-order valence-electron chi connectivity index (χ0n) is 32.9. The number of ether oxygens (including phenoxy) is 4. The number of carbonyl (C=O) groups is 2. The number of likely N-dealkylation sites (N-methyl/N-ethyl adjacent to an activating group) is 2. The summed E-state index contributed by atoms with van der Waals surface area (Å²) in [7, 11) is 6.05. The Morgan fingerprint density at radius 3 is 1.36 bits per heavy atom. The molecule has 302 valence electrons. The molecule has 0 saturated heterocycles. The van der Waals surface area contributed by atoms with Crippen molar-refractivity contribution >= 4 is 43.7 Å². The van der Waals surface area contributed by atoms with E-state index in [-0.39, 0.29) is 38.1 Å². The van der Waals surface area contributed by atoms with E-state index in [1.54, 1.807) is 13.8 Å². The van der Waals surface area contributed by atoms with Gasteiger partial charge in [-0.3, -0.25) is 20.2 Å². The number of amides is 2. The summed E-state index contributed by atoms with van der Waals surface area (Å²) in [5.74, 6) is 0.652. The number of aromatic nitrogens is 2. The highest BCUT2D eigenvalue weighted by molar-refractivity contribution is 9.10. The molecule has 0 aliphatic carbocycles. The summed E-state index contributed by atoms with van der Waals surface area (Å²) < 4.78 is 24.7. The second-order valence-corrected chi connectivity index (χ2v) is 15.2. The fraction of sp³-hybridized carbons (Fsp3) is 0.400. The van der Waals surface area contributed by atoms with Crippen LogP contribution in [0.4, 0.5) is 0 Å². The molecule has 4 aromatic rings. The lowest BCUT2D eigenvalue weighted by Crippen LogP contribution is -2.56. The lowest BCUT2D eigenvalue weighted by Gasteiger charge is -2.27. The summed E-state index contributed by atoms with van der Waals surface area (Å²) in [5.41, 5.74) is 5.08. The van der Waals surface area contributed by atoms with Crippen molar-refractivity contribution in [3.63, 3.8) is 0 Å². The van der Waals surface area contributed by atoms with Gasteiger partial charge in [0.25, 0.3) is 0 Å². The van der Waals surface area contributed by atoms with Crippen LogP contribution in [-0.4, -0.2) is 84.6 Å². The monoisotopic (exact) mass is 900 g/mol. The number of halogens is 2. The van der Waals surface area contributed by atoms with Crippen molar-refractivity contribution in [3.05, 3.63) is 90.9 Å². The van der Waals surface area contributed by atoms with Gasteiger partial charge in [0.05, 0.1) is 36.4 Å². The third-order valence-corrected chi connectivity index (χ3v) is 10.8. The van der Waals surface area contributed by atoms with Gasteiger partial charge in [-0.25, -0.2) is 0 Å². The summed E-state index contributed by atoms with van der Waals surface area (Å²) in [5, 5.41) is 31.0. The van der Waals surface area contributed by atoms with Gasteiger partial charge in [-0.1, -0.05) is 36.4 Å². The summed E-state index contributed by atoms with van der Waals surface area (Å²) in [6.07, 6.45) is 0. The summed E-state index contributed by atoms with van der Waals surface area (Å²) in [4.78, 5) is 33.8. The van der Waals surface area contributed by atoms with E-state index in [0.717, 1.165) is 33.4 Å². The minimum atomic E-state index is -1.19. The van der Waals surface area contributed by atoms with Gasteiger partial charge < -0.3 is 39.8 Å². The number of nitrogens with one attached hydrogen (secondary N) is 4. The third-order valence-electron chi connectivity index (χ3n) is 9.69. The molecular weight excluding hydrogens is 852 g/mol. The van der Waals surface area contributed by atoms with Crippen molar-refractivity contribution < 1.29 is 38.7 Å². The van der Waals surface area contributed by atoms with Gasteiger partial charge in [-0.15, -0.1) is 0 Å². The van der Waals surface area contributed by atoms with E-state index in [2.05, 4.69) is 89.1 Å². The van der Waals surface area contributed by atoms with Gasteiger partial charge in [0.2, 0.25) is 35.3 Å². The number of nitrogens with zero attached hydrogens (tertiary/aromatic N) is 2. The molecule has 2 heterocycles. The number of carbonyl (C=O) groups excluding carboxylic acids is 2. The van der Waals surface area contributed by atoms with E-state index in [4.69, 9.17) is 18.9 Å².